The highest BCUT2D eigenvalue weighted by atomic mass is 16.6. The van der Waals surface area contributed by atoms with E-state index < -0.39 is 6.10 Å². The minimum Gasteiger partial charge on any atom is -0.487 e. The molecule has 4 N–H and O–H groups in total. The van der Waals surface area contributed by atoms with Gasteiger partial charge in [-0.1, -0.05) is 49.6 Å². The Hall–Kier alpha value is -3.10. The summed E-state index contributed by atoms with van der Waals surface area (Å²) in [7, 11) is 0. The van der Waals surface area contributed by atoms with E-state index in [9.17, 15) is 14.7 Å². The molecule has 0 unspecified atom stereocenters. The Balaban J connectivity index is 1.21. The second-order valence-corrected chi connectivity index (χ2v) is 10.1. The standard InChI is InChI=1S/C28H35N3O5/c32-17-25-27-23(14-21(35-25)15-26(33)29-16-18-7-3-1-4-8-18)22-13-20(11-12-24(22)36-27)31-28(34)30-19-9-5-2-6-10-19/h1,3-4,7-8,11-13,19,21,23,25,27,32H,2,5-6,9-10,14-17H2,(H,29,33)(H2,30,31,34)/t21-,23-,25-,27+/m1/s1. The number of urea groups is 1. The average Bonchev–Trinajstić information content (AvgIpc) is 3.26. The lowest BCUT2D eigenvalue weighted by molar-refractivity contribution is -0.142. The molecule has 1 aliphatic carbocycles. The number of hydrogen-bond acceptors (Lipinski definition) is 5. The van der Waals surface area contributed by atoms with Gasteiger partial charge in [-0.05, 0) is 43.0 Å². The molecule has 0 bridgehead atoms. The highest BCUT2D eigenvalue weighted by Gasteiger charge is 2.46. The number of ether oxygens (including phenoxy) is 2. The Bertz CT molecular complexity index is 1060. The van der Waals surface area contributed by atoms with Crippen molar-refractivity contribution < 1.29 is 24.2 Å². The number of fused-ring (bicyclic) bond motifs is 3. The maximum atomic E-state index is 12.6. The molecular formula is C28H35N3O5. The maximum Gasteiger partial charge on any atom is 0.319 e. The van der Waals surface area contributed by atoms with Crippen molar-refractivity contribution in [2.45, 2.75) is 81.8 Å². The first kappa shape index (κ1) is 24.6. The van der Waals surface area contributed by atoms with Gasteiger partial charge in [0.1, 0.15) is 18.0 Å². The van der Waals surface area contributed by atoms with E-state index in [1.165, 1.54) is 6.42 Å². The van der Waals surface area contributed by atoms with Crippen molar-refractivity contribution in [2.75, 3.05) is 11.9 Å². The van der Waals surface area contributed by atoms with Crippen LogP contribution in [0.25, 0.3) is 0 Å². The number of carbonyl (C=O) groups excluding carboxylic acids is 2. The Kier molecular flexibility index (Phi) is 7.72. The fourth-order valence-electron chi connectivity index (χ4n) is 5.64. The van der Waals surface area contributed by atoms with Crippen molar-refractivity contribution in [1.29, 1.82) is 0 Å². The number of carbonyl (C=O) groups is 2. The molecule has 1 saturated carbocycles. The van der Waals surface area contributed by atoms with Crippen molar-refractivity contribution in [3.63, 3.8) is 0 Å². The van der Waals surface area contributed by atoms with Crippen molar-refractivity contribution in [3.8, 4) is 5.75 Å². The van der Waals surface area contributed by atoms with Crippen molar-refractivity contribution in [1.82, 2.24) is 10.6 Å². The Morgan fingerprint density at radius 2 is 1.83 bits per heavy atom. The van der Waals surface area contributed by atoms with E-state index in [1.54, 1.807) is 0 Å². The summed E-state index contributed by atoms with van der Waals surface area (Å²) in [6.07, 6.45) is 5.24. The molecule has 36 heavy (non-hydrogen) atoms. The third kappa shape index (κ3) is 5.82. The zero-order chi connectivity index (χ0) is 24.9. The SMILES string of the molecule is O=C(C[C@H]1C[C@@H]2c3cc(NC(=O)NC4CCCCC4)ccc3O[C@@H]2[C@@H](CO)O1)NCc1ccccc1. The van der Waals surface area contributed by atoms with Gasteiger partial charge < -0.3 is 30.5 Å². The van der Waals surface area contributed by atoms with Gasteiger partial charge in [0.15, 0.2) is 0 Å². The van der Waals surface area contributed by atoms with Gasteiger partial charge in [0.05, 0.1) is 19.1 Å². The molecule has 2 aromatic carbocycles. The first-order valence-electron chi connectivity index (χ1n) is 13.0. The minimum absolute atomic E-state index is 0.0269. The van der Waals surface area contributed by atoms with Crippen LogP contribution in [0.5, 0.6) is 5.75 Å². The first-order chi connectivity index (χ1) is 17.6. The van der Waals surface area contributed by atoms with Crippen molar-refractivity contribution in [3.05, 3.63) is 59.7 Å². The van der Waals surface area contributed by atoms with Crippen LogP contribution in [0.3, 0.4) is 0 Å². The molecule has 8 nitrogen and oxygen atoms in total. The van der Waals surface area contributed by atoms with E-state index >= 15 is 0 Å². The summed E-state index contributed by atoms with van der Waals surface area (Å²) in [4.78, 5) is 25.2. The van der Waals surface area contributed by atoms with Gasteiger partial charge in [-0.3, -0.25) is 4.79 Å². The molecule has 192 valence electrons. The van der Waals surface area contributed by atoms with E-state index in [0.29, 0.717) is 18.7 Å². The van der Waals surface area contributed by atoms with E-state index in [-0.39, 0.29) is 49.1 Å². The van der Waals surface area contributed by atoms with Crippen LogP contribution in [-0.2, 0) is 16.1 Å². The van der Waals surface area contributed by atoms with Gasteiger partial charge in [-0.25, -0.2) is 4.79 Å². The fraction of sp³-hybridized carbons (Fsp3) is 0.500. The smallest absolute Gasteiger partial charge is 0.319 e. The lowest BCUT2D eigenvalue weighted by Gasteiger charge is -2.37. The van der Waals surface area contributed by atoms with Crippen LogP contribution in [-0.4, -0.2) is 48.0 Å². The van der Waals surface area contributed by atoms with E-state index in [1.807, 2.05) is 48.5 Å². The van der Waals surface area contributed by atoms with Gasteiger partial charge in [-0.15, -0.1) is 0 Å². The predicted molar refractivity (Wildman–Crippen MR) is 136 cm³/mol. The lowest BCUT2D eigenvalue weighted by Crippen LogP contribution is -2.47. The van der Waals surface area contributed by atoms with Gasteiger partial charge in [0.2, 0.25) is 5.91 Å². The van der Waals surface area contributed by atoms with Crippen LogP contribution in [0.1, 0.15) is 62.0 Å². The van der Waals surface area contributed by atoms with Gasteiger partial charge in [0, 0.05) is 29.8 Å². The molecule has 2 fully saturated rings. The molecule has 5 rings (SSSR count). The number of amides is 3. The average molecular weight is 494 g/mol. The number of aliphatic hydroxyl groups is 1. The van der Waals surface area contributed by atoms with Crippen LogP contribution in [0.15, 0.2) is 48.5 Å². The second kappa shape index (κ2) is 11.3. The number of hydrogen-bond donors (Lipinski definition) is 4. The molecule has 0 radical (unpaired) electrons. The summed E-state index contributed by atoms with van der Waals surface area (Å²) in [5, 5.41) is 19.0. The van der Waals surface area contributed by atoms with E-state index in [0.717, 1.165) is 42.6 Å². The molecule has 0 spiro atoms. The summed E-state index contributed by atoms with van der Waals surface area (Å²) < 4.78 is 12.2. The highest BCUT2D eigenvalue weighted by Crippen LogP contribution is 2.47. The molecule has 1 saturated heterocycles. The minimum atomic E-state index is -0.519. The van der Waals surface area contributed by atoms with Gasteiger partial charge in [-0.2, -0.15) is 0 Å². The van der Waals surface area contributed by atoms with Crippen LogP contribution >= 0.6 is 0 Å². The zero-order valence-corrected chi connectivity index (χ0v) is 20.4. The van der Waals surface area contributed by atoms with Crippen molar-refractivity contribution in [2.24, 2.45) is 0 Å². The summed E-state index contributed by atoms with van der Waals surface area (Å²) in [5.74, 6) is 0.619. The lowest BCUT2D eigenvalue weighted by atomic mass is 9.84. The quantitative estimate of drug-likeness (QED) is 0.469. The molecular weight excluding hydrogens is 458 g/mol. The molecule has 8 heteroatoms. The van der Waals surface area contributed by atoms with Gasteiger partial charge in [0.25, 0.3) is 0 Å². The van der Waals surface area contributed by atoms with E-state index in [4.69, 9.17) is 9.47 Å². The molecule has 2 aliphatic heterocycles. The molecule has 0 aromatic heterocycles. The third-order valence-corrected chi connectivity index (χ3v) is 7.44. The molecule has 2 aromatic rings. The highest BCUT2D eigenvalue weighted by molar-refractivity contribution is 5.89. The fourth-order valence-corrected chi connectivity index (χ4v) is 5.64. The predicted octanol–water partition coefficient (Wildman–Crippen LogP) is 3.84. The van der Waals surface area contributed by atoms with Crippen LogP contribution in [0.2, 0.25) is 0 Å². The summed E-state index contributed by atoms with van der Waals surface area (Å²) in [6.45, 7) is 0.276. The molecule has 3 aliphatic rings. The Morgan fingerprint density at radius 3 is 2.61 bits per heavy atom. The summed E-state index contributed by atoms with van der Waals surface area (Å²) in [6, 6.07) is 15.5. The number of benzene rings is 2. The van der Waals surface area contributed by atoms with Gasteiger partial charge >= 0.3 is 6.03 Å². The molecule has 2 heterocycles. The monoisotopic (exact) mass is 493 g/mol. The summed E-state index contributed by atoms with van der Waals surface area (Å²) >= 11 is 0. The number of nitrogens with one attached hydrogen (secondary N) is 3. The zero-order valence-electron chi connectivity index (χ0n) is 20.4. The number of aliphatic hydroxyl groups excluding tert-OH is 1. The molecule has 3 amide bonds. The van der Waals surface area contributed by atoms with E-state index in [2.05, 4.69) is 16.0 Å². The number of rotatable bonds is 7. The largest absolute Gasteiger partial charge is 0.487 e. The maximum absolute atomic E-state index is 12.6. The first-order valence-corrected chi connectivity index (χ1v) is 13.0. The Labute approximate surface area is 211 Å². The van der Waals surface area contributed by atoms with Crippen LogP contribution < -0.4 is 20.7 Å². The molecule has 4 atom stereocenters. The van der Waals surface area contributed by atoms with Crippen LogP contribution in [0, 0.1) is 0 Å². The Morgan fingerprint density at radius 1 is 1.03 bits per heavy atom. The number of anilines is 1. The summed E-state index contributed by atoms with van der Waals surface area (Å²) in [5.41, 5.74) is 2.72. The second-order valence-electron chi connectivity index (χ2n) is 10.1. The van der Waals surface area contributed by atoms with Crippen LogP contribution in [0.4, 0.5) is 10.5 Å². The third-order valence-electron chi connectivity index (χ3n) is 7.44. The van der Waals surface area contributed by atoms with Crippen molar-refractivity contribution >= 4 is 17.6 Å². The topological polar surface area (TPSA) is 109 Å². The normalized spacial score (nSPS) is 25.2.